The van der Waals surface area contributed by atoms with Crippen molar-refractivity contribution in [2.45, 2.75) is 13.1 Å². The van der Waals surface area contributed by atoms with Crippen molar-refractivity contribution in [3.05, 3.63) is 110 Å². The number of fused-ring (bicyclic) bond motifs is 1. The zero-order valence-electron chi connectivity index (χ0n) is 20.1. The van der Waals surface area contributed by atoms with Crippen molar-refractivity contribution >= 4 is 16.8 Å². The van der Waals surface area contributed by atoms with E-state index in [0.29, 0.717) is 35.3 Å². The Bertz CT molecular complexity index is 1480. The lowest BCUT2D eigenvalue weighted by Crippen LogP contribution is -2.48. The van der Waals surface area contributed by atoms with Gasteiger partial charge in [-0.1, -0.05) is 42.5 Å². The monoisotopic (exact) mass is 484 g/mol. The van der Waals surface area contributed by atoms with Gasteiger partial charge in [-0.3, -0.25) is 19.1 Å². The summed E-state index contributed by atoms with van der Waals surface area (Å²) in [4.78, 5) is 45.9. The summed E-state index contributed by atoms with van der Waals surface area (Å²) >= 11 is 0. The molecule has 0 aliphatic carbocycles. The molecule has 0 radical (unpaired) electrons. The summed E-state index contributed by atoms with van der Waals surface area (Å²) in [5.74, 6) is 0.604. The van der Waals surface area contributed by atoms with Gasteiger partial charge in [0.15, 0.2) is 0 Å². The van der Waals surface area contributed by atoms with Gasteiger partial charge in [0.1, 0.15) is 5.75 Å². The van der Waals surface area contributed by atoms with Crippen LogP contribution in [0.25, 0.3) is 10.9 Å². The quantitative estimate of drug-likeness (QED) is 0.455. The molecule has 36 heavy (non-hydrogen) atoms. The number of carbonyl (C=O) groups excluding carboxylic acids is 1. The number of aromatic nitrogens is 2. The number of nitrogens with one attached hydrogen (secondary N) is 1. The van der Waals surface area contributed by atoms with E-state index in [-0.39, 0.29) is 12.5 Å². The molecule has 1 saturated heterocycles. The fourth-order valence-corrected chi connectivity index (χ4v) is 4.58. The van der Waals surface area contributed by atoms with E-state index < -0.39 is 11.2 Å². The second-order valence-corrected chi connectivity index (χ2v) is 8.98. The summed E-state index contributed by atoms with van der Waals surface area (Å²) in [6.45, 7) is 3.85. The molecule has 2 heterocycles. The second kappa shape index (κ2) is 10.2. The van der Waals surface area contributed by atoms with Crippen LogP contribution < -0.4 is 16.0 Å². The van der Waals surface area contributed by atoms with Crippen molar-refractivity contribution in [3.63, 3.8) is 0 Å². The van der Waals surface area contributed by atoms with Crippen molar-refractivity contribution in [2.24, 2.45) is 0 Å². The number of amides is 1. The molecule has 8 heteroatoms. The van der Waals surface area contributed by atoms with Gasteiger partial charge in [-0.25, -0.2) is 4.79 Å². The summed E-state index contributed by atoms with van der Waals surface area (Å²) in [7, 11) is 1.58. The van der Waals surface area contributed by atoms with Crippen molar-refractivity contribution in [1.29, 1.82) is 0 Å². The molecular formula is C28H28N4O4. The number of aromatic amines is 1. The first-order chi connectivity index (χ1) is 17.5. The maximum absolute atomic E-state index is 13.2. The first kappa shape index (κ1) is 23.6. The molecule has 1 amide bonds. The number of hydrogen-bond acceptors (Lipinski definition) is 5. The van der Waals surface area contributed by atoms with E-state index in [1.54, 1.807) is 37.4 Å². The van der Waals surface area contributed by atoms with Crippen LogP contribution in [0.15, 0.2) is 82.4 Å². The van der Waals surface area contributed by atoms with Crippen LogP contribution in [0.1, 0.15) is 21.5 Å². The van der Waals surface area contributed by atoms with Crippen molar-refractivity contribution in [1.82, 2.24) is 19.4 Å². The molecule has 1 aliphatic heterocycles. The van der Waals surface area contributed by atoms with E-state index in [1.165, 1.54) is 5.56 Å². The molecule has 3 aromatic carbocycles. The van der Waals surface area contributed by atoms with E-state index >= 15 is 0 Å². The van der Waals surface area contributed by atoms with Gasteiger partial charge in [-0.15, -0.1) is 0 Å². The standard InChI is InChI=1S/C28H28N4O4/c1-36-23-10-7-21(8-11-23)19-32-27(34)24-12-9-22(17-25(24)29-28(32)35)26(33)31-15-13-30(14-16-31)18-20-5-3-2-4-6-20/h2-12,17H,13-16,18-19H2,1H3,(H,29,35). The Morgan fingerprint density at radius 2 is 1.56 bits per heavy atom. The van der Waals surface area contributed by atoms with Crippen LogP contribution in [0.3, 0.4) is 0 Å². The number of methoxy groups -OCH3 is 1. The molecule has 0 unspecified atom stereocenters. The highest BCUT2D eigenvalue weighted by Crippen LogP contribution is 2.16. The SMILES string of the molecule is COc1ccc(Cn2c(=O)[nH]c3cc(C(=O)N4CCN(Cc5ccccc5)CC4)ccc3c2=O)cc1. The van der Waals surface area contributed by atoms with Gasteiger partial charge in [0.2, 0.25) is 0 Å². The fourth-order valence-electron chi connectivity index (χ4n) is 4.58. The van der Waals surface area contributed by atoms with Crippen LogP contribution in [0.4, 0.5) is 0 Å². The maximum atomic E-state index is 13.2. The summed E-state index contributed by atoms with van der Waals surface area (Å²) in [5.41, 5.74) is 1.99. The van der Waals surface area contributed by atoms with E-state index in [1.807, 2.05) is 35.2 Å². The van der Waals surface area contributed by atoms with Gasteiger partial charge in [-0.2, -0.15) is 0 Å². The molecule has 5 rings (SSSR count). The highest BCUT2D eigenvalue weighted by molar-refractivity contribution is 5.97. The molecule has 0 atom stereocenters. The van der Waals surface area contributed by atoms with Crippen LogP contribution >= 0.6 is 0 Å². The third kappa shape index (κ3) is 4.94. The van der Waals surface area contributed by atoms with Crippen LogP contribution in [0.2, 0.25) is 0 Å². The maximum Gasteiger partial charge on any atom is 0.329 e. The van der Waals surface area contributed by atoms with Gasteiger partial charge < -0.3 is 14.6 Å². The van der Waals surface area contributed by atoms with Gasteiger partial charge in [0, 0.05) is 38.3 Å². The predicted molar refractivity (Wildman–Crippen MR) is 139 cm³/mol. The van der Waals surface area contributed by atoms with Gasteiger partial charge in [0.05, 0.1) is 24.6 Å². The topological polar surface area (TPSA) is 87.6 Å². The van der Waals surface area contributed by atoms with Crippen molar-refractivity contribution < 1.29 is 9.53 Å². The Morgan fingerprint density at radius 1 is 0.861 bits per heavy atom. The first-order valence-corrected chi connectivity index (χ1v) is 12.0. The summed E-state index contributed by atoms with van der Waals surface area (Å²) in [6, 6.07) is 22.4. The zero-order chi connectivity index (χ0) is 25.1. The number of carbonyl (C=O) groups is 1. The lowest BCUT2D eigenvalue weighted by molar-refractivity contribution is 0.0628. The largest absolute Gasteiger partial charge is 0.497 e. The molecule has 0 saturated carbocycles. The van der Waals surface area contributed by atoms with Crippen LogP contribution in [-0.2, 0) is 13.1 Å². The van der Waals surface area contributed by atoms with E-state index in [4.69, 9.17) is 4.74 Å². The smallest absolute Gasteiger partial charge is 0.329 e. The number of H-pyrrole nitrogens is 1. The Balaban J connectivity index is 1.30. The molecule has 0 bridgehead atoms. The van der Waals surface area contributed by atoms with E-state index in [0.717, 1.165) is 29.8 Å². The highest BCUT2D eigenvalue weighted by atomic mass is 16.5. The highest BCUT2D eigenvalue weighted by Gasteiger charge is 2.23. The zero-order valence-corrected chi connectivity index (χ0v) is 20.1. The van der Waals surface area contributed by atoms with Crippen molar-refractivity contribution in [2.75, 3.05) is 33.3 Å². The number of piperazine rings is 1. The number of benzene rings is 3. The van der Waals surface area contributed by atoms with Gasteiger partial charge >= 0.3 is 5.69 Å². The lowest BCUT2D eigenvalue weighted by Gasteiger charge is -2.34. The summed E-state index contributed by atoms with van der Waals surface area (Å²) in [6.07, 6.45) is 0. The normalized spacial score (nSPS) is 14.2. The molecule has 1 fully saturated rings. The Kier molecular flexibility index (Phi) is 6.69. The third-order valence-electron chi connectivity index (χ3n) is 6.64. The minimum Gasteiger partial charge on any atom is -0.497 e. The van der Waals surface area contributed by atoms with E-state index in [9.17, 15) is 14.4 Å². The molecule has 0 spiro atoms. The number of ether oxygens (including phenoxy) is 1. The van der Waals surface area contributed by atoms with Crippen LogP contribution in [-0.4, -0.2) is 58.5 Å². The molecule has 1 N–H and O–H groups in total. The first-order valence-electron chi connectivity index (χ1n) is 12.0. The molecule has 8 nitrogen and oxygen atoms in total. The van der Waals surface area contributed by atoms with Crippen LogP contribution in [0, 0.1) is 0 Å². The van der Waals surface area contributed by atoms with Gasteiger partial charge in [-0.05, 0) is 41.5 Å². The number of rotatable bonds is 6. The summed E-state index contributed by atoms with van der Waals surface area (Å²) < 4.78 is 6.32. The average Bonchev–Trinajstić information content (AvgIpc) is 2.91. The Hall–Kier alpha value is -4.17. The second-order valence-electron chi connectivity index (χ2n) is 8.98. The van der Waals surface area contributed by atoms with E-state index in [2.05, 4.69) is 22.0 Å². The Morgan fingerprint density at radius 3 is 2.25 bits per heavy atom. The third-order valence-corrected chi connectivity index (χ3v) is 6.64. The molecule has 184 valence electrons. The molecule has 1 aromatic heterocycles. The van der Waals surface area contributed by atoms with Gasteiger partial charge in [0.25, 0.3) is 11.5 Å². The molecular weight excluding hydrogens is 456 g/mol. The minimum atomic E-state index is -0.512. The predicted octanol–water partition coefficient (Wildman–Crippen LogP) is 2.70. The lowest BCUT2D eigenvalue weighted by atomic mass is 10.1. The Labute approximate surface area is 208 Å². The number of nitrogens with zero attached hydrogens (tertiary/aromatic N) is 3. The minimum absolute atomic E-state index is 0.0977. The number of hydrogen-bond donors (Lipinski definition) is 1. The average molecular weight is 485 g/mol. The molecule has 4 aromatic rings. The summed E-state index contributed by atoms with van der Waals surface area (Å²) in [5, 5.41) is 0.368. The molecule has 1 aliphatic rings. The van der Waals surface area contributed by atoms with Crippen molar-refractivity contribution in [3.8, 4) is 5.75 Å². The fraction of sp³-hybridized carbons (Fsp3) is 0.250. The van der Waals surface area contributed by atoms with Crippen LogP contribution in [0.5, 0.6) is 5.75 Å².